The molecule has 2 aromatic rings. The molecule has 148 valence electrons. The summed E-state index contributed by atoms with van der Waals surface area (Å²) in [5.41, 5.74) is 0.00332. The molecule has 2 amide bonds. The van der Waals surface area contributed by atoms with Crippen molar-refractivity contribution >= 4 is 17.5 Å². The van der Waals surface area contributed by atoms with Gasteiger partial charge in [0.05, 0.1) is 23.1 Å². The number of rotatable bonds is 7. The van der Waals surface area contributed by atoms with Crippen LogP contribution < -0.4 is 10.6 Å². The van der Waals surface area contributed by atoms with E-state index in [-0.39, 0.29) is 11.6 Å². The number of carbonyl (C=O) groups is 2. The fraction of sp³-hybridized carbons (Fsp3) is 0.333. The first-order valence-corrected chi connectivity index (χ1v) is 9.15. The third kappa shape index (κ3) is 5.12. The van der Waals surface area contributed by atoms with Crippen molar-refractivity contribution in [2.75, 3.05) is 11.9 Å². The van der Waals surface area contributed by atoms with E-state index in [1.165, 1.54) is 23.8 Å². The van der Waals surface area contributed by atoms with Gasteiger partial charge in [0.15, 0.2) is 0 Å². The smallest absolute Gasteiger partial charge is 0.356 e. The summed E-state index contributed by atoms with van der Waals surface area (Å²) in [6.07, 6.45) is -2.59. The van der Waals surface area contributed by atoms with Crippen LogP contribution in [0.15, 0.2) is 54.6 Å². The lowest BCUT2D eigenvalue weighted by Crippen LogP contribution is -2.28. The van der Waals surface area contributed by atoms with Gasteiger partial charge < -0.3 is 10.6 Å². The summed E-state index contributed by atoms with van der Waals surface area (Å²) < 4.78 is 39.0. The van der Waals surface area contributed by atoms with Crippen LogP contribution in [0.3, 0.4) is 0 Å². The molecule has 3 rings (SSSR count). The highest BCUT2D eigenvalue weighted by Crippen LogP contribution is 2.41. The van der Waals surface area contributed by atoms with Gasteiger partial charge >= 0.3 is 6.18 Å². The maximum Gasteiger partial charge on any atom is 0.418 e. The number of para-hydroxylation sites is 1. The minimum Gasteiger partial charge on any atom is -0.356 e. The average Bonchev–Trinajstić information content (AvgIpc) is 3.47. The maximum atomic E-state index is 13.0. The average molecular weight is 390 g/mol. The van der Waals surface area contributed by atoms with E-state index >= 15 is 0 Å². The van der Waals surface area contributed by atoms with Crippen LogP contribution in [0.5, 0.6) is 0 Å². The number of hydrogen-bond acceptors (Lipinski definition) is 2. The number of amides is 2. The van der Waals surface area contributed by atoms with Crippen molar-refractivity contribution < 1.29 is 22.8 Å². The van der Waals surface area contributed by atoms with Crippen molar-refractivity contribution in [1.29, 1.82) is 0 Å². The zero-order valence-electron chi connectivity index (χ0n) is 15.1. The number of hydrogen-bond donors (Lipinski definition) is 2. The molecule has 0 bridgehead atoms. The second-order valence-electron chi connectivity index (χ2n) is 6.86. The topological polar surface area (TPSA) is 58.2 Å². The van der Waals surface area contributed by atoms with Crippen molar-refractivity contribution in [2.45, 2.75) is 25.4 Å². The Balaban J connectivity index is 1.45. The fourth-order valence-corrected chi connectivity index (χ4v) is 3.12. The first-order chi connectivity index (χ1) is 13.4. The summed E-state index contributed by atoms with van der Waals surface area (Å²) in [4.78, 5) is 24.4. The second kappa shape index (κ2) is 8.46. The third-order valence-corrected chi connectivity index (χ3v) is 4.74. The van der Waals surface area contributed by atoms with Crippen LogP contribution >= 0.6 is 0 Å². The summed E-state index contributed by atoms with van der Waals surface area (Å²) in [5.74, 6) is -1.84. The van der Waals surface area contributed by atoms with Crippen molar-refractivity contribution in [3.8, 4) is 0 Å². The van der Waals surface area contributed by atoms with Gasteiger partial charge in [0.25, 0.3) is 0 Å². The molecule has 1 aliphatic rings. The van der Waals surface area contributed by atoms with Gasteiger partial charge in [-0.15, -0.1) is 0 Å². The van der Waals surface area contributed by atoms with E-state index in [1.54, 1.807) is 0 Å². The molecule has 7 heteroatoms. The first kappa shape index (κ1) is 19.9. The molecule has 0 aliphatic heterocycles. The Morgan fingerprint density at radius 2 is 1.57 bits per heavy atom. The summed E-state index contributed by atoms with van der Waals surface area (Å²) in [7, 11) is 0. The van der Waals surface area contributed by atoms with E-state index in [0.29, 0.717) is 13.0 Å². The lowest BCUT2D eigenvalue weighted by Gasteiger charge is -2.13. The predicted molar refractivity (Wildman–Crippen MR) is 99.4 cm³/mol. The van der Waals surface area contributed by atoms with E-state index < -0.39 is 29.5 Å². The molecule has 1 saturated carbocycles. The molecule has 0 spiro atoms. The second-order valence-corrected chi connectivity index (χ2v) is 6.86. The highest BCUT2D eigenvalue weighted by atomic mass is 19.4. The van der Waals surface area contributed by atoms with Crippen molar-refractivity contribution in [2.24, 2.45) is 11.8 Å². The minimum atomic E-state index is -4.55. The van der Waals surface area contributed by atoms with Crippen molar-refractivity contribution in [3.05, 3.63) is 65.7 Å². The molecule has 0 heterocycles. The zero-order chi connectivity index (χ0) is 20.1. The third-order valence-electron chi connectivity index (χ3n) is 4.74. The molecule has 0 aromatic heterocycles. The van der Waals surface area contributed by atoms with Gasteiger partial charge in [-0.25, -0.2) is 0 Å². The van der Waals surface area contributed by atoms with Crippen LogP contribution in [0, 0.1) is 11.8 Å². The van der Waals surface area contributed by atoms with E-state index in [0.717, 1.165) is 18.9 Å². The molecule has 2 N–H and O–H groups in total. The number of alkyl halides is 3. The number of benzene rings is 2. The number of halogens is 3. The van der Waals surface area contributed by atoms with Gasteiger partial charge in [-0.05, 0) is 37.0 Å². The highest BCUT2D eigenvalue weighted by molar-refractivity contribution is 6.00. The Morgan fingerprint density at radius 1 is 0.929 bits per heavy atom. The number of nitrogens with one attached hydrogen (secondary N) is 2. The Kier molecular flexibility index (Phi) is 6.02. The first-order valence-electron chi connectivity index (χ1n) is 9.15. The van der Waals surface area contributed by atoms with E-state index in [9.17, 15) is 22.8 Å². The van der Waals surface area contributed by atoms with Gasteiger partial charge in [0, 0.05) is 6.54 Å². The summed E-state index contributed by atoms with van der Waals surface area (Å²) >= 11 is 0. The Hall–Kier alpha value is -2.83. The summed E-state index contributed by atoms with van der Waals surface area (Å²) in [6.45, 7) is 0.496. The van der Waals surface area contributed by atoms with Crippen LogP contribution in [-0.4, -0.2) is 18.4 Å². The predicted octanol–water partition coefficient (Wildman–Crippen LogP) is 4.03. The van der Waals surface area contributed by atoms with Crippen LogP contribution in [0.1, 0.15) is 24.0 Å². The lowest BCUT2D eigenvalue weighted by molar-refractivity contribution is -0.137. The van der Waals surface area contributed by atoms with Gasteiger partial charge in [-0.1, -0.05) is 42.5 Å². The van der Waals surface area contributed by atoms with Crippen LogP contribution in [0.4, 0.5) is 18.9 Å². The quantitative estimate of drug-likeness (QED) is 0.702. The van der Waals surface area contributed by atoms with Crippen LogP contribution in [0.2, 0.25) is 0 Å². The van der Waals surface area contributed by atoms with Crippen LogP contribution in [0.25, 0.3) is 0 Å². The van der Waals surface area contributed by atoms with E-state index in [4.69, 9.17) is 0 Å². The molecule has 2 atom stereocenters. The molecule has 28 heavy (non-hydrogen) atoms. The molecule has 0 saturated heterocycles. The SMILES string of the molecule is O=C(NCCCc1ccccc1)C1CC1C(=O)Nc1ccccc1C(F)(F)F. The Bertz CT molecular complexity index is 837. The molecule has 4 nitrogen and oxygen atoms in total. The van der Waals surface area contributed by atoms with Gasteiger partial charge in [0.2, 0.25) is 11.8 Å². The van der Waals surface area contributed by atoms with Gasteiger partial charge in [0.1, 0.15) is 0 Å². The highest BCUT2D eigenvalue weighted by Gasteiger charge is 2.48. The van der Waals surface area contributed by atoms with E-state index in [1.807, 2.05) is 30.3 Å². The van der Waals surface area contributed by atoms with Crippen molar-refractivity contribution in [1.82, 2.24) is 5.32 Å². The molecular weight excluding hydrogens is 369 g/mol. The molecule has 0 radical (unpaired) electrons. The normalized spacial score (nSPS) is 18.4. The Labute approximate surface area is 161 Å². The Morgan fingerprint density at radius 3 is 2.29 bits per heavy atom. The molecule has 1 fully saturated rings. The minimum absolute atomic E-state index is 0.225. The number of anilines is 1. The lowest BCUT2D eigenvalue weighted by atomic mass is 10.1. The summed E-state index contributed by atoms with van der Waals surface area (Å²) in [6, 6.07) is 14.7. The molecule has 2 unspecified atom stereocenters. The van der Waals surface area contributed by atoms with Gasteiger partial charge in [-0.2, -0.15) is 13.2 Å². The molecular formula is C21H21F3N2O2. The van der Waals surface area contributed by atoms with E-state index in [2.05, 4.69) is 10.6 Å². The monoisotopic (exact) mass is 390 g/mol. The summed E-state index contributed by atoms with van der Waals surface area (Å²) in [5, 5.41) is 5.11. The fourth-order valence-electron chi connectivity index (χ4n) is 3.12. The number of aryl methyl sites for hydroxylation is 1. The van der Waals surface area contributed by atoms with Crippen molar-refractivity contribution in [3.63, 3.8) is 0 Å². The molecule has 1 aliphatic carbocycles. The zero-order valence-corrected chi connectivity index (χ0v) is 15.1. The largest absolute Gasteiger partial charge is 0.418 e. The number of carbonyl (C=O) groups excluding carboxylic acids is 2. The standard InChI is InChI=1S/C21H21F3N2O2/c22-21(23,24)17-10-4-5-11-18(17)26-20(28)16-13-15(16)19(27)25-12-6-9-14-7-2-1-3-8-14/h1-5,7-8,10-11,15-16H,6,9,12-13H2,(H,25,27)(H,26,28). The molecule has 2 aromatic carbocycles. The maximum absolute atomic E-state index is 13.0. The van der Waals surface area contributed by atoms with Crippen LogP contribution in [-0.2, 0) is 22.2 Å². The van der Waals surface area contributed by atoms with Gasteiger partial charge in [-0.3, -0.25) is 9.59 Å².